The van der Waals surface area contributed by atoms with Gasteiger partial charge in [-0.05, 0) is 38.1 Å². The summed E-state index contributed by atoms with van der Waals surface area (Å²) in [5, 5.41) is 5.77. The van der Waals surface area contributed by atoms with Gasteiger partial charge in [0.1, 0.15) is 0 Å². The fourth-order valence-electron chi connectivity index (χ4n) is 2.69. The molecule has 0 unspecified atom stereocenters. The van der Waals surface area contributed by atoms with E-state index in [4.69, 9.17) is 0 Å². The highest BCUT2D eigenvalue weighted by Gasteiger charge is 2.11. The van der Waals surface area contributed by atoms with Gasteiger partial charge in [-0.1, -0.05) is 12.1 Å². The molecule has 6 heteroatoms. The van der Waals surface area contributed by atoms with E-state index in [1.54, 1.807) is 12.5 Å². The van der Waals surface area contributed by atoms with E-state index in [-0.39, 0.29) is 6.03 Å². The zero-order chi connectivity index (χ0) is 15.2. The molecule has 1 aliphatic heterocycles. The Kier molecular flexibility index (Phi) is 4.70. The first-order chi connectivity index (χ1) is 10.8. The zero-order valence-corrected chi connectivity index (χ0v) is 12.5. The first-order valence-corrected chi connectivity index (χ1v) is 7.67. The van der Waals surface area contributed by atoms with Gasteiger partial charge in [0, 0.05) is 24.3 Å². The number of nitrogens with zero attached hydrogens (tertiary/aromatic N) is 2. The minimum atomic E-state index is -0.166. The number of nitrogens with one attached hydrogen (secondary N) is 3. The molecule has 0 radical (unpaired) electrons. The van der Waals surface area contributed by atoms with Gasteiger partial charge in [-0.2, -0.15) is 0 Å². The summed E-state index contributed by atoms with van der Waals surface area (Å²) in [6.07, 6.45) is 5.94. The second-order valence-corrected chi connectivity index (χ2v) is 5.48. The van der Waals surface area contributed by atoms with E-state index < -0.39 is 0 Å². The molecular weight excluding hydrogens is 278 g/mol. The van der Waals surface area contributed by atoms with Crippen LogP contribution in [-0.2, 0) is 0 Å². The Morgan fingerprint density at radius 1 is 1.32 bits per heavy atom. The van der Waals surface area contributed by atoms with Gasteiger partial charge in [0.25, 0.3) is 0 Å². The highest BCUT2D eigenvalue weighted by molar-refractivity contribution is 5.90. The third-order valence-corrected chi connectivity index (χ3v) is 3.84. The van der Waals surface area contributed by atoms with Crippen LogP contribution in [0, 0.1) is 0 Å². The van der Waals surface area contributed by atoms with Gasteiger partial charge in [0.15, 0.2) is 0 Å². The minimum absolute atomic E-state index is 0.166. The molecule has 0 aliphatic carbocycles. The molecule has 3 N–H and O–H groups in total. The maximum Gasteiger partial charge on any atom is 0.319 e. The van der Waals surface area contributed by atoms with Crippen LogP contribution in [0.15, 0.2) is 36.8 Å². The van der Waals surface area contributed by atoms with Crippen LogP contribution >= 0.6 is 0 Å². The molecule has 6 nitrogen and oxygen atoms in total. The van der Waals surface area contributed by atoms with E-state index in [0.717, 1.165) is 36.6 Å². The highest BCUT2D eigenvalue weighted by Crippen LogP contribution is 2.19. The Morgan fingerprint density at radius 2 is 2.18 bits per heavy atom. The van der Waals surface area contributed by atoms with Gasteiger partial charge >= 0.3 is 6.03 Å². The van der Waals surface area contributed by atoms with Gasteiger partial charge in [-0.25, -0.2) is 9.78 Å². The molecule has 2 heterocycles. The summed E-state index contributed by atoms with van der Waals surface area (Å²) in [4.78, 5) is 21.4. The van der Waals surface area contributed by atoms with Gasteiger partial charge in [-0.3, -0.25) is 0 Å². The van der Waals surface area contributed by atoms with Crippen LogP contribution in [0.4, 0.5) is 10.5 Å². The summed E-state index contributed by atoms with van der Waals surface area (Å²) in [6.45, 7) is 3.89. The Morgan fingerprint density at radius 3 is 2.95 bits per heavy atom. The molecule has 2 aromatic rings. The molecular formula is C16H21N5O. The number of H-pyrrole nitrogens is 1. The number of aromatic amines is 1. The lowest BCUT2D eigenvalue weighted by atomic mass is 10.1. The zero-order valence-electron chi connectivity index (χ0n) is 12.5. The molecule has 116 valence electrons. The average Bonchev–Trinajstić information content (AvgIpc) is 3.21. The van der Waals surface area contributed by atoms with E-state index in [9.17, 15) is 4.79 Å². The minimum Gasteiger partial charge on any atom is -0.345 e. The molecule has 1 aromatic heterocycles. The number of urea groups is 1. The summed E-state index contributed by atoms with van der Waals surface area (Å²) >= 11 is 0. The Labute approximate surface area is 129 Å². The fraction of sp³-hybridized carbons (Fsp3) is 0.375. The van der Waals surface area contributed by atoms with Gasteiger partial charge in [-0.15, -0.1) is 0 Å². The van der Waals surface area contributed by atoms with E-state index in [1.807, 2.05) is 24.3 Å². The maximum absolute atomic E-state index is 11.9. The third kappa shape index (κ3) is 3.85. The number of imidazole rings is 1. The van der Waals surface area contributed by atoms with Crippen molar-refractivity contribution in [1.29, 1.82) is 0 Å². The first-order valence-electron chi connectivity index (χ1n) is 7.67. The largest absolute Gasteiger partial charge is 0.345 e. The number of anilines is 1. The Bertz CT molecular complexity index is 605. The molecule has 1 aromatic carbocycles. The first kappa shape index (κ1) is 14.6. The molecule has 1 fully saturated rings. The monoisotopic (exact) mass is 299 g/mol. The lowest BCUT2D eigenvalue weighted by Gasteiger charge is -2.15. The maximum atomic E-state index is 11.9. The lowest BCUT2D eigenvalue weighted by molar-refractivity contribution is 0.249. The van der Waals surface area contributed by atoms with Crippen LogP contribution in [0.5, 0.6) is 0 Å². The molecule has 1 aliphatic rings. The average molecular weight is 299 g/mol. The van der Waals surface area contributed by atoms with Crippen LogP contribution in [0.1, 0.15) is 12.8 Å². The van der Waals surface area contributed by atoms with E-state index >= 15 is 0 Å². The number of likely N-dealkylation sites (tertiary alicyclic amines) is 1. The molecule has 2 amide bonds. The molecule has 1 saturated heterocycles. The third-order valence-electron chi connectivity index (χ3n) is 3.84. The number of carbonyl (C=O) groups excluding carboxylic acids is 1. The summed E-state index contributed by atoms with van der Waals surface area (Å²) in [6, 6.07) is 7.52. The molecule has 22 heavy (non-hydrogen) atoms. The second kappa shape index (κ2) is 7.09. The number of hydrogen-bond donors (Lipinski definition) is 3. The molecule has 0 atom stereocenters. The van der Waals surface area contributed by atoms with E-state index in [0.29, 0.717) is 6.54 Å². The van der Waals surface area contributed by atoms with E-state index in [1.165, 1.54) is 12.8 Å². The number of rotatable bonds is 5. The molecule has 3 rings (SSSR count). The molecule has 0 saturated carbocycles. The summed E-state index contributed by atoms with van der Waals surface area (Å²) in [7, 11) is 0. The van der Waals surface area contributed by atoms with Crippen molar-refractivity contribution in [3.8, 4) is 11.3 Å². The highest BCUT2D eigenvalue weighted by atomic mass is 16.2. The van der Waals surface area contributed by atoms with Crippen LogP contribution in [0.3, 0.4) is 0 Å². The molecule has 0 spiro atoms. The number of amides is 2. The van der Waals surface area contributed by atoms with Crippen molar-refractivity contribution in [3.63, 3.8) is 0 Å². The fourth-order valence-corrected chi connectivity index (χ4v) is 2.69. The summed E-state index contributed by atoms with van der Waals surface area (Å²) < 4.78 is 0. The predicted molar refractivity (Wildman–Crippen MR) is 86.7 cm³/mol. The number of benzene rings is 1. The predicted octanol–water partition coefficient (Wildman–Crippen LogP) is 2.29. The van der Waals surface area contributed by atoms with Crippen molar-refractivity contribution in [3.05, 3.63) is 36.8 Å². The van der Waals surface area contributed by atoms with Crippen molar-refractivity contribution in [2.75, 3.05) is 31.5 Å². The number of hydrogen-bond acceptors (Lipinski definition) is 3. The van der Waals surface area contributed by atoms with Crippen molar-refractivity contribution in [1.82, 2.24) is 20.2 Å². The summed E-state index contributed by atoms with van der Waals surface area (Å²) in [5.74, 6) is 0. The Balaban J connectivity index is 1.49. The van der Waals surface area contributed by atoms with Crippen molar-refractivity contribution < 1.29 is 4.79 Å². The van der Waals surface area contributed by atoms with E-state index in [2.05, 4.69) is 25.5 Å². The van der Waals surface area contributed by atoms with Gasteiger partial charge < -0.3 is 20.5 Å². The standard InChI is InChI=1S/C16H21N5O/c22-16(18-6-9-21-7-1-2-8-21)20-14-5-3-4-13(10-14)15-11-17-12-19-15/h3-5,10-12H,1-2,6-9H2,(H,17,19)(H2,18,20,22). The van der Waals surface area contributed by atoms with Crippen molar-refractivity contribution >= 4 is 11.7 Å². The van der Waals surface area contributed by atoms with Crippen LogP contribution < -0.4 is 10.6 Å². The van der Waals surface area contributed by atoms with Gasteiger partial charge in [0.05, 0.1) is 18.2 Å². The lowest BCUT2D eigenvalue weighted by Crippen LogP contribution is -2.35. The Hall–Kier alpha value is -2.34. The summed E-state index contributed by atoms with van der Waals surface area (Å²) in [5.41, 5.74) is 2.69. The van der Waals surface area contributed by atoms with Crippen molar-refractivity contribution in [2.45, 2.75) is 12.8 Å². The quantitative estimate of drug-likeness (QED) is 0.793. The molecule has 0 bridgehead atoms. The second-order valence-electron chi connectivity index (χ2n) is 5.48. The van der Waals surface area contributed by atoms with Crippen LogP contribution in [-0.4, -0.2) is 47.1 Å². The smallest absolute Gasteiger partial charge is 0.319 e. The normalized spacial score (nSPS) is 14.9. The number of carbonyl (C=O) groups is 1. The van der Waals surface area contributed by atoms with Gasteiger partial charge in [0.2, 0.25) is 0 Å². The topological polar surface area (TPSA) is 73.1 Å². The SMILES string of the molecule is O=C(NCCN1CCCC1)Nc1cccc(-c2cnc[nH]2)c1. The van der Waals surface area contributed by atoms with Crippen LogP contribution in [0.2, 0.25) is 0 Å². The van der Waals surface area contributed by atoms with Crippen LogP contribution in [0.25, 0.3) is 11.3 Å². The van der Waals surface area contributed by atoms with Crippen molar-refractivity contribution in [2.24, 2.45) is 0 Å². The number of aromatic nitrogens is 2.